The van der Waals surface area contributed by atoms with Crippen LogP contribution in [0.25, 0.3) is 0 Å². The molecule has 1 atom stereocenters. The van der Waals surface area contributed by atoms with Crippen molar-refractivity contribution < 1.29 is 9.18 Å². The summed E-state index contributed by atoms with van der Waals surface area (Å²) in [7, 11) is 0. The number of nitrogen functional groups attached to an aromatic ring is 1. The third-order valence-corrected chi connectivity index (χ3v) is 3.37. The van der Waals surface area contributed by atoms with Crippen LogP contribution in [-0.2, 0) is 0 Å². The van der Waals surface area contributed by atoms with Gasteiger partial charge in [-0.3, -0.25) is 4.79 Å². The molecule has 0 saturated carbocycles. The van der Waals surface area contributed by atoms with Gasteiger partial charge in [-0.05, 0) is 30.9 Å². The highest BCUT2D eigenvalue weighted by Gasteiger charge is 2.13. The summed E-state index contributed by atoms with van der Waals surface area (Å²) in [5.74, 6) is 0.136. The molecule has 1 aromatic carbocycles. The molecule has 0 bridgehead atoms. The third kappa shape index (κ3) is 3.45. The molecule has 3 N–H and O–H groups in total. The monoisotopic (exact) mass is 252 g/mol. The topological polar surface area (TPSA) is 55.1 Å². The van der Waals surface area contributed by atoms with Crippen molar-refractivity contribution in [2.45, 2.75) is 27.7 Å². The average molecular weight is 252 g/mol. The van der Waals surface area contributed by atoms with Crippen LogP contribution in [0.4, 0.5) is 10.1 Å². The van der Waals surface area contributed by atoms with Crippen molar-refractivity contribution in [2.75, 3.05) is 12.3 Å². The van der Waals surface area contributed by atoms with Crippen molar-refractivity contribution in [1.29, 1.82) is 0 Å². The second kappa shape index (κ2) is 5.85. The Kier molecular flexibility index (Phi) is 4.70. The summed E-state index contributed by atoms with van der Waals surface area (Å²) < 4.78 is 13.5. The predicted octanol–water partition coefficient (Wildman–Crippen LogP) is 2.74. The molecular formula is C14H21FN2O. The van der Waals surface area contributed by atoms with Gasteiger partial charge in [0.1, 0.15) is 5.82 Å². The Morgan fingerprint density at radius 3 is 2.50 bits per heavy atom. The van der Waals surface area contributed by atoms with Gasteiger partial charge in [-0.1, -0.05) is 20.8 Å². The van der Waals surface area contributed by atoms with E-state index in [-0.39, 0.29) is 11.5 Å². The summed E-state index contributed by atoms with van der Waals surface area (Å²) in [6.45, 7) is 8.43. The van der Waals surface area contributed by atoms with Crippen LogP contribution in [0.5, 0.6) is 0 Å². The van der Waals surface area contributed by atoms with Crippen molar-refractivity contribution in [3.05, 3.63) is 29.1 Å². The zero-order valence-electron chi connectivity index (χ0n) is 11.4. The first-order valence-corrected chi connectivity index (χ1v) is 6.16. The molecule has 0 saturated heterocycles. The normalized spacial score (nSPS) is 12.6. The van der Waals surface area contributed by atoms with E-state index in [0.717, 1.165) is 0 Å². The summed E-state index contributed by atoms with van der Waals surface area (Å²) in [6.07, 6.45) is 0. The van der Waals surface area contributed by atoms with Gasteiger partial charge in [-0.25, -0.2) is 4.39 Å². The number of carbonyl (C=O) groups is 1. The van der Waals surface area contributed by atoms with Crippen LogP contribution in [0.3, 0.4) is 0 Å². The van der Waals surface area contributed by atoms with E-state index in [0.29, 0.717) is 29.6 Å². The van der Waals surface area contributed by atoms with E-state index in [2.05, 4.69) is 26.1 Å². The standard InChI is InChI=1S/C14H21FN2O/c1-8(2)9(3)7-17-14(18)11-5-12(15)10(4)13(16)6-11/h5-6,8-9H,7,16H2,1-4H3,(H,17,18). The van der Waals surface area contributed by atoms with Crippen LogP contribution < -0.4 is 11.1 Å². The van der Waals surface area contributed by atoms with Crippen molar-refractivity contribution >= 4 is 11.6 Å². The van der Waals surface area contributed by atoms with Crippen molar-refractivity contribution in [2.24, 2.45) is 11.8 Å². The van der Waals surface area contributed by atoms with Gasteiger partial charge in [0.2, 0.25) is 0 Å². The molecule has 0 aliphatic carbocycles. The zero-order valence-corrected chi connectivity index (χ0v) is 11.4. The largest absolute Gasteiger partial charge is 0.398 e. The van der Waals surface area contributed by atoms with Gasteiger partial charge in [-0.2, -0.15) is 0 Å². The lowest BCUT2D eigenvalue weighted by Gasteiger charge is -2.16. The highest BCUT2D eigenvalue weighted by molar-refractivity contribution is 5.95. The van der Waals surface area contributed by atoms with Crippen LogP contribution >= 0.6 is 0 Å². The molecule has 4 heteroatoms. The SMILES string of the molecule is Cc1c(N)cc(C(=O)NCC(C)C(C)C)cc1F. The van der Waals surface area contributed by atoms with Crippen LogP contribution in [-0.4, -0.2) is 12.5 Å². The van der Waals surface area contributed by atoms with Crippen molar-refractivity contribution in [1.82, 2.24) is 5.32 Å². The molecule has 100 valence electrons. The number of halogens is 1. The first-order chi connectivity index (χ1) is 8.32. The number of benzene rings is 1. The van der Waals surface area contributed by atoms with Gasteiger partial charge in [-0.15, -0.1) is 0 Å². The first-order valence-electron chi connectivity index (χ1n) is 6.16. The molecule has 0 fully saturated rings. The number of anilines is 1. The van der Waals surface area contributed by atoms with E-state index in [1.165, 1.54) is 12.1 Å². The fourth-order valence-corrected chi connectivity index (χ4v) is 1.42. The Morgan fingerprint density at radius 1 is 1.39 bits per heavy atom. The number of nitrogens with two attached hydrogens (primary N) is 1. The molecule has 1 amide bonds. The molecule has 0 radical (unpaired) electrons. The van der Waals surface area contributed by atoms with Gasteiger partial charge in [0, 0.05) is 23.4 Å². The minimum atomic E-state index is -0.447. The smallest absolute Gasteiger partial charge is 0.251 e. The summed E-state index contributed by atoms with van der Waals surface area (Å²) >= 11 is 0. The average Bonchev–Trinajstić information content (AvgIpc) is 2.31. The molecule has 1 unspecified atom stereocenters. The van der Waals surface area contributed by atoms with E-state index in [9.17, 15) is 9.18 Å². The molecular weight excluding hydrogens is 231 g/mol. The minimum Gasteiger partial charge on any atom is -0.398 e. The van der Waals surface area contributed by atoms with Gasteiger partial charge in [0.15, 0.2) is 0 Å². The van der Waals surface area contributed by atoms with E-state index < -0.39 is 5.82 Å². The third-order valence-electron chi connectivity index (χ3n) is 3.37. The fraction of sp³-hybridized carbons (Fsp3) is 0.500. The Morgan fingerprint density at radius 2 is 2.00 bits per heavy atom. The van der Waals surface area contributed by atoms with E-state index in [1.807, 2.05) is 0 Å². The van der Waals surface area contributed by atoms with Crippen LogP contribution in [0, 0.1) is 24.6 Å². The van der Waals surface area contributed by atoms with E-state index in [4.69, 9.17) is 5.73 Å². The second-order valence-electron chi connectivity index (χ2n) is 5.10. The number of hydrogen-bond acceptors (Lipinski definition) is 2. The van der Waals surface area contributed by atoms with Gasteiger partial charge in [0.05, 0.1) is 0 Å². The molecule has 1 rings (SSSR count). The number of carbonyl (C=O) groups excluding carboxylic acids is 1. The van der Waals surface area contributed by atoms with Crippen molar-refractivity contribution in [3.63, 3.8) is 0 Å². The zero-order chi connectivity index (χ0) is 13.9. The predicted molar refractivity (Wildman–Crippen MR) is 71.9 cm³/mol. The lowest BCUT2D eigenvalue weighted by atomic mass is 9.98. The van der Waals surface area contributed by atoms with E-state index >= 15 is 0 Å². The lowest BCUT2D eigenvalue weighted by Crippen LogP contribution is -2.30. The Labute approximate surface area is 108 Å². The maximum Gasteiger partial charge on any atom is 0.251 e. The fourth-order valence-electron chi connectivity index (χ4n) is 1.42. The maximum atomic E-state index is 13.5. The lowest BCUT2D eigenvalue weighted by molar-refractivity contribution is 0.0944. The number of nitrogens with one attached hydrogen (secondary N) is 1. The molecule has 0 aliphatic rings. The molecule has 0 aliphatic heterocycles. The number of amides is 1. The van der Waals surface area contributed by atoms with Gasteiger partial charge in [0.25, 0.3) is 5.91 Å². The highest BCUT2D eigenvalue weighted by Crippen LogP contribution is 2.17. The summed E-state index contributed by atoms with van der Waals surface area (Å²) in [5, 5.41) is 2.79. The van der Waals surface area contributed by atoms with Crippen LogP contribution in [0.1, 0.15) is 36.7 Å². The van der Waals surface area contributed by atoms with E-state index in [1.54, 1.807) is 6.92 Å². The van der Waals surface area contributed by atoms with Gasteiger partial charge < -0.3 is 11.1 Å². The summed E-state index contributed by atoms with van der Waals surface area (Å²) in [6, 6.07) is 2.73. The quantitative estimate of drug-likeness (QED) is 0.809. The molecule has 0 heterocycles. The highest BCUT2D eigenvalue weighted by atomic mass is 19.1. The summed E-state index contributed by atoms with van der Waals surface area (Å²) in [5.41, 5.74) is 6.59. The number of rotatable bonds is 4. The molecule has 0 aromatic heterocycles. The molecule has 1 aromatic rings. The maximum absolute atomic E-state index is 13.5. The Balaban J connectivity index is 2.73. The second-order valence-corrected chi connectivity index (χ2v) is 5.10. The van der Waals surface area contributed by atoms with Crippen LogP contribution in [0.2, 0.25) is 0 Å². The first kappa shape index (κ1) is 14.5. The molecule has 0 spiro atoms. The number of hydrogen-bond donors (Lipinski definition) is 2. The molecule has 3 nitrogen and oxygen atoms in total. The molecule has 18 heavy (non-hydrogen) atoms. The van der Waals surface area contributed by atoms with Gasteiger partial charge >= 0.3 is 0 Å². The van der Waals surface area contributed by atoms with Crippen molar-refractivity contribution in [3.8, 4) is 0 Å². The summed E-state index contributed by atoms with van der Waals surface area (Å²) in [4.78, 5) is 11.9. The minimum absolute atomic E-state index is 0.270. The van der Waals surface area contributed by atoms with Crippen LogP contribution in [0.15, 0.2) is 12.1 Å². The Hall–Kier alpha value is -1.58. The Bertz CT molecular complexity index is 420.